The molecule has 0 fully saturated rings. The van der Waals surface area contributed by atoms with Gasteiger partial charge in [-0.25, -0.2) is 9.59 Å². The number of carbonyl (C=O) groups is 2. The van der Waals surface area contributed by atoms with E-state index >= 15 is 0 Å². The Labute approximate surface area is 129 Å². The van der Waals surface area contributed by atoms with Gasteiger partial charge in [0.1, 0.15) is 5.22 Å². The van der Waals surface area contributed by atoms with Gasteiger partial charge in [-0.3, -0.25) is 0 Å². The topological polar surface area (TPSA) is 85.6 Å². The number of hydrogen-bond donors (Lipinski definition) is 0. The molecule has 0 spiro atoms. The highest BCUT2D eigenvalue weighted by molar-refractivity contribution is 6.25. The molecule has 0 bridgehead atoms. The minimum absolute atomic E-state index is 0.266. The van der Waals surface area contributed by atoms with Gasteiger partial charge in [0.2, 0.25) is 0 Å². The van der Waals surface area contributed by atoms with E-state index in [9.17, 15) is 9.59 Å². The molecule has 21 heavy (non-hydrogen) atoms. The summed E-state index contributed by atoms with van der Waals surface area (Å²) in [4.78, 5) is 21.4. The monoisotopic (exact) mass is 315 g/mol. The summed E-state index contributed by atoms with van der Waals surface area (Å²) < 4.78 is 14.5. The van der Waals surface area contributed by atoms with Crippen LogP contribution in [0.1, 0.15) is 33.1 Å². The molecule has 0 amide bonds. The highest BCUT2D eigenvalue weighted by atomic mass is 28.1. The van der Waals surface area contributed by atoms with Crippen molar-refractivity contribution in [2.75, 3.05) is 20.3 Å². The Kier molecular flexibility index (Phi) is 13.7. The van der Waals surface area contributed by atoms with Crippen LogP contribution < -0.4 is 0 Å². The molecule has 0 aromatic rings. The van der Waals surface area contributed by atoms with E-state index in [0.717, 1.165) is 12.5 Å². The SMILES string of the molecule is C=CC(=O)OCCCC#N.CCCOC(C)([SiH3])C(=O)OC. The zero-order chi connectivity index (χ0) is 16.7. The van der Waals surface area contributed by atoms with Crippen molar-refractivity contribution in [2.24, 2.45) is 0 Å². The van der Waals surface area contributed by atoms with E-state index in [2.05, 4.69) is 16.1 Å². The fraction of sp³-hybridized carbons (Fsp3) is 0.643. The zero-order valence-electron chi connectivity index (χ0n) is 13.3. The minimum atomic E-state index is -0.662. The van der Waals surface area contributed by atoms with Gasteiger partial charge in [0.25, 0.3) is 0 Å². The van der Waals surface area contributed by atoms with Crippen LogP contribution in [0, 0.1) is 11.3 Å². The first kappa shape index (κ1) is 21.6. The van der Waals surface area contributed by atoms with Gasteiger partial charge in [0, 0.05) is 19.1 Å². The molecule has 120 valence electrons. The van der Waals surface area contributed by atoms with Crippen molar-refractivity contribution in [2.45, 2.75) is 38.3 Å². The normalized spacial score (nSPS) is 12.1. The van der Waals surface area contributed by atoms with Crippen LogP contribution in [0.15, 0.2) is 12.7 Å². The molecule has 0 aromatic heterocycles. The van der Waals surface area contributed by atoms with E-state index in [1.165, 1.54) is 7.11 Å². The van der Waals surface area contributed by atoms with Gasteiger partial charge < -0.3 is 14.2 Å². The van der Waals surface area contributed by atoms with E-state index < -0.39 is 11.2 Å². The molecule has 6 nitrogen and oxygen atoms in total. The van der Waals surface area contributed by atoms with Crippen molar-refractivity contribution in [3.05, 3.63) is 12.7 Å². The zero-order valence-corrected chi connectivity index (χ0v) is 15.3. The van der Waals surface area contributed by atoms with Crippen LogP contribution >= 0.6 is 0 Å². The van der Waals surface area contributed by atoms with Crippen LogP contribution in [-0.4, -0.2) is 47.7 Å². The van der Waals surface area contributed by atoms with E-state index in [1.54, 1.807) is 6.92 Å². The lowest BCUT2D eigenvalue weighted by atomic mass is 10.3. The second-order valence-electron chi connectivity index (χ2n) is 4.48. The Morgan fingerprint density at radius 2 is 2.05 bits per heavy atom. The quantitative estimate of drug-likeness (QED) is 0.283. The average Bonchev–Trinajstić information content (AvgIpc) is 2.49. The molecule has 1 atom stereocenters. The number of rotatable bonds is 8. The fourth-order valence-corrected chi connectivity index (χ4v) is 1.45. The van der Waals surface area contributed by atoms with Crippen molar-refractivity contribution >= 4 is 22.2 Å². The number of unbranched alkanes of at least 4 members (excludes halogenated alkanes) is 1. The summed E-state index contributed by atoms with van der Waals surface area (Å²) in [6.45, 7) is 7.92. The molecule has 7 heteroatoms. The van der Waals surface area contributed by atoms with Crippen LogP contribution in [0.25, 0.3) is 0 Å². The number of nitrogens with zero attached hydrogens (tertiary/aromatic N) is 1. The molecule has 0 rings (SSSR count). The number of methoxy groups -OCH3 is 1. The lowest BCUT2D eigenvalue weighted by Gasteiger charge is -2.21. The van der Waals surface area contributed by atoms with E-state index in [1.807, 2.05) is 13.0 Å². The summed E-state index contributed by atoms with van der Waals surface area (Å²) in [6, 6.07) is 1.94. The molecule has 0 aliphatic rings. The van der Waals surface area contributed by atoms with Crippen molar-refractivity contribution in [1.82, 2.24) is 0 Å². The van der Waals surface area contributed by atoms with Crippen molar-refractivity contribution in [3.63, 3.8) is 0 Å². The van der Waals surface area contributed by atoms with Crippen LogP contribution in [0.4, 0.5) is 0 Å². The first-order chi connectivity index (χ1) is 9.85. The lowest BCUT2D eigenvalue weighted by molar-refractivity contribution is -0.157. The van der Waals surface area contributed by atoms with Gasteiger partial charge in [-0.1, -0.05) is 13.5 Å². The van der Waals surface area contributed by atoms with Crippen molar-refractivity contribution in [3.8, 4) is 6.07 Å². The minimum Gasteiger partial charge on any atom is -0.467 e. The largest absolute Gasteiger partial charge is 0.467 e. The Balaban J connectivity index is 0. The maximum atomic E-state index is 11.0. The summed E-state index contributed by atoms with van der Waals surface area (Å²) in [5, 5.41) is 7.42. The van der Waals surface area contributed by atoms with E-state index in [0.29, 0.717) is 36.3 Å². The van der Waals surface area contributed by atoms with Crippen molar-refractivity contribution in [1.29, 1.82) is 5.26 Å². The molecular weight excluding hydrogens is 290 g/mol. The highest BCUT2D eigenvalue weighted by Gasteiger charge is 2.28. The highest BCUT2D eigenvalue weighted by Crippen LogP contribution is 2.07. The third-order valence-electron chi connectivity index (χ3n) is 2.19. The number of hydrogen-bond acceptors (Lipinski definition) is 6. The predicted octanol–water partition coefficient (Wildman–Crippen LogP) is 0.687. The van der Waals surface area contributed by atoms with Crippen molar-refractivity contribution < 1.29 is 23.8 Å². The number of ether oxygens (including phenoxy) is 3. The standard InChI is InChI=1S/C7H9NO2.C7H16O3Si/c1-2-7(9)10-6-4-3-5-8;1-4-5-10-7(2,11)6(8)9-3/h2H,1,3-4,6H2;4-5H2,1-3,11H3. The first-order valence-electron chi connectivity index (χ1n) is 6.74. The molecule has 0 aliphatic carbocycles. The number of esters is 2. The third-order valence-corrected chi connectivity index (χ3v) is 2.88. The lowest BCUT2D eigenvalue weighted by Crippen LogP contribution is -2.40. The second-order valence-corrected chi connectivity index (χ2v) is 6.39. The number of nitriles is 1. The van der Waals surface area contributed by atoms with E-state index in [4.69, 9.17) is 10.00 Å². The Morgan fingerprint density at radius 1 is 1.43 bits per heavy atom. The summed E-state index contributed by atoms with van der Waals surface area (Å²) in [5.74, 6) is -0.699. The van der Waals surface area contributed by atoms with Crippen LogP contribution in [-0.2, 0) is 23.8 Å². The Bertz CT molecular complexity index is 363. The molecule has 0 saturated carbocycles. The molecule has 0 heterocycles. The summed E-state index contributed by atoms with van der Waals surface area (Å²) in [5.41, 5.74) is 0. The average molecular weight is 315 g/mol. The van der Waals surface area contributed by atoms with Gasteiger partial charge in [-0.2, -0.15) is 5.26 Å². The van der Waals surface area contributed by atoms with Crippen LogP contribution in [0.2, 0.25) is 0 Å². The summed E-state index contributed by atoms with van der Waals surface area (Å²) in [7, 11) is 2.04. The molecule has 0 N–H and O–H groups in total. The number of carbonyl (C=O) groups excluding carboxylic acids is 2. The van der Waals surface area contributed by atoms with Gasteiger partial charge in [-0.15, -0.1) is 0 Å². The molecule has 0 radical (unpaired) electrons. The van der Waals surface area contributed by atoms with Gasteiger partial charge in [0.15, 0.2) is 0 Å². The fourth-order valence-electron chi connectivity index (χ4n) is 1.04. The molecule has 1 unspecified atom stereocenters. The summed E-state index contributed by atoms with van der Waals surface area (Å²) >= 11 is 0. The molecule has 0 aromatic carbocycles. The van der Waals surface area contributed by atoms with Gasteiger partial charge in [0.05, 0.1) is 30.0 Å². The molecule has 0 saturated heterocycles. The predicted molar refractivity (Wildman–Crippen MR) is 82.6 cm³/mol. The van der Waals surface area contributed by atoms with E-state index in [-0.39, 0.29) is 5.97 Å². The van der Waals surface area contributed by atoms with Crippen LogP contribution in [0.3, 0.4) is 0 Å². The van der Waals surface area contributed by atoms with Gasteiger partial charge >= 0.3 is 11.9 Å². The molecule has 0 aliphatic heterocycles. The second kappa shape index (κ2) is 13.3. The Hall–Kier alpha value is -1.65. The van der Waals surface area contributed by atoms with Gasteiger partial charge in [-0.05, 0) is 19.8 Å². The van der Waals surface area contributed by atoms with Crippen LogP contribution in [0.5, 0.6) is 0 Å². The maximum absolute atomic E-state index is 11.0. The third kappa shape index (κ3) is 13.1. The smallest absolute Gasteiger partial charge is 0.333 e. The summed E-state index contributed by atoms with van der Waals surface area (Å²) in [6.07, 6.45) is 3.04. The molecular formula is C14H25NO5Si. The maximum Gasteiger partial charge on any atom is 0.333 e. The first-order valence-corrected chi connectivity index (χ1v) is 7.74. The Morgan fingerprint density at radius 3 is 2.48 bits per heavy atom.